The summed E-state index contributed by atoms with van der Waals surface area (Å²) in [5, 5.41) is 12.2. The van der Waals surface area contributed by atoms with Crippen LogP contribution in [0.25, 0.3) is 6.08 Å². The van der Waals surface area contributed by atoms with Crippen LogP contribution < -0.4 is 19.0 Å². The molecule has 0 radical (unpaired) electrons. The third-order valence-corrected chi connectivity index (χ3v) is 6.07. The molecule has 8 nitrogen and oxygen atoms in total. The summed E-state index contributed by atoms with van der Waals surface area (Å²) < 4.78 is 41.6. The van der Waals surface area contributed by atoms with Gasteiger partial charge in [-0.05, 0) is 68.5 Å². The Bertz CT molecular complexity index is 1370. The first-order chi connectivity index (χ1) is 16.7. The molecule has 0 unspecified atom stereocenters. The zero-order valence-electron chi connectivity index (χ0n) is 19.4. The highest BCUT2D eigenvalue weighted by molar-refractivity contribution is 7.87. The van der Waals surface area contributed by atoms with Gasteiger partial charge in [-0.2, -0.15) is 13.7 Å². The third-order valence-electron chi connectivity index (χ3n) is 4.82. The Kier molecular flexibility index (Phi) is 8.12. The maximum absolute atomic E-state index is 12.8. The number of anilines is 1. The van der Waals surface area contributed by atoms with Gasteiger partial charge in [0.25, 0.3) is 5.91 Å². The molecule has 0 saturated heterocycles. The van der Waals surface area contributed by atoms with Crippen molar-refractivity contribution in [1.82, 2.24) is 0 Å². The smallest absolute Gasteiger partial charge is 0.339 e. The van der Waals surface area contributed by atoms with Crippen LogP contribution in [0.15, 0.2) is 77.2 Å². The van der Waals surface area contributed by atoms with E-state index in [1.807, 2.05) is 19.9 Å². The van der Waals surface area contributed by atoms with Crippen LogP contribution in [0.2, 0.25) is 0 Å². The number of carbonyl (C=O) groups is 1. The first-order valence-corrected chi connectivity index (χ1v) is 12.0. The average molecular weight is 493 g/mol. The Morgan fingerprint density at radius 3 is 2.29 bits per heavy atom. The van der Waals surface area contributed by atoms with Crippen molar-refractivity contribution in [2.24, 2.45) is 0 Å². The molecule has 0 spiro atoms. The fourth-order valence-electron chi connectivity index (χ4n) is 3.01. The first-order valence-electron chi connectivity index (χ1n) is 10.6. The molecule has 3 aromatic rings. The lowest BCUT2D eigenvalue weighted by Gasteiger charge is -2.12. The van der Waals surface area contributed by atoms with Crippen molar-refractivity contribution in [3.8, 4) is 23.3 Å². The van der Waals surface area contributed by atoms with Gasteiger partial charge in [0.05, 0.1) is 13.7 Å². The summed E-state index contributed by atoms with van der Waals surface area (Å²) in [6, 6.07) is 19.1. The number of benzene rings is 3. The van der Waals surface area contributed by atoms with E-state index in [0.717, 1.165) is 5.56 Å². The van der Waals surface area contributed by atoms with Gasteiger partial charge in [-0.3, -0.25) is 4.79 Å². The number of hydrogen-bond donors (Lipinski definition) is 1. The average Bonchev–Trinajstić information content (AvgIpc) is 2.84. The Balaban J connectivity index is 1.91. The van der Waals surface area contributed by atoms with Crippen LogP contribution in [-0.2, 0) is 14.9 Å². The molecular weight excluding hydrogens is 468 g/mol. The highest BCUT2D eigenvalue weighted by atomic mass is 32.2. The van der Waals surface area contributed by atoms with Crippen molar-refractivity contribution in [3.63, 3.8) is 0 Å². The van der Waals surface area contributed by atoms with E-state index >= 15 is 0 Å². The maximum Gasteiger partial charge on any atom is 0.339 e. The predicted octanol–water partition coefficient (Wildman–Crippen LogP) is 4.72. The van der Waals surface area contributed by atoms with Gasteiger partial charge in [-0.15, -0.1) is 0 Å². The Morgan fingerprint density at radius 2 is 1.69 bits per heavy atom. The van der Waals surface area contributed by atoms with Gasteiger partial charge >= 0.3 is 10.1 Å². The zero-order chi connectivity index (χ0) is 25.4. The quantitative estimate of drug-likeness (QED) is 0.261. The highest BCUT2D eigenvalue weighted by Gasteiger charge is 2.20. The van der Waals surface area contributed by atoms with Gasteiger partial charge in [-0.1, -0.05) is 17.7 Å². The van der Waals surface area contributed by atoms with Gasteiger partial charge in [0, 0.05) is 17.3 Å². The fourth-order valence-corrected chi connectivity index (χ4v) is 3.95. The molecule has 35 heavy (non-hydrogen) atoms. The molecule has 9 heteroatoms. The van der Waals surface area contributed by atoms with Crippen LogP contribution in [-0.4, -0.2) is 28.0 Å². The fraction of sp³-hybridized carbons (Fsp3) is 0.154. The molecule has 180 valence electrons. The molecule has 0 saturated carbocycles. The Hall–Kier alpha value is -4.29. The van der Waals surface area contributed by atoms with Crippen LogP contribution >= 0.6 is 0 Å². The summed E-state index contributed by atoms with van der Waals surface area (Å²) in [4.78, 5) is 12.7. The lowest BCUT2D eigenvalue weighted by molar-refractivity contribution is -0.112. The third kappa shape index (κ3) is 6.62. The van der Waals surface area contributed by atoms with E-state index in [0.29, 0.717) is 23.8 Å². The Morgan fingerprint density at radius 1 is 1.03 bits per heavy atom. The molecular formula is C26H24N2O6S. The van der Waals surface area contributed by atoms with Gasteiger partial charge in [-0.25, -0.2) is 0 Å². The van der Waals surface area contributed by atoms with Crippen molar-refractivity contribution >= 4 is 27.8 Å². The Labute approximate surface area is 204 Å². The number of ether oxygens (including phenoxy) is 2. The van der Waals surface area contributed by atoms with Crippen molar-refractivity contribution in [2.75, 3.05) is 19.0 Å². The van der Waals surface area contributed by atoms with Crippen LogP contribution in [0.4, 0.5) is 5.69 Å². The van der Waals surface area contributed by atoms with E-state index in [2.05, 4.69) is 5.32 Å². The lowest BCUT2D eigenvalue weighted by Crippen LogP contribution is -2.14. The van der Waals surface area contributed by atoms with Gasteiger partial charge in [0.15, 0.2) is 5.75 Å². The summed E-state index contributed by atoms with van der Waals surface area (Å²) in [7, 11) is -2.75. The van der Waals surface area contributed by atoms with Crippen LogP contribution in [0.3, 0.4) is 0 Å². The number of methoxy groups -OCH3 is 1. The van der Waals surface area contributed by atoms with E-state index in [-0.39, 0.29) is 21.8 Å². The highest BCUT2D eigenvalue weighted by Crippen LogP contribution is 2.30. The summed E-state index contributed by atoms with van der Waals surface area (Å²) in [5.74, 6) is 0.233. The molecule has 3 rings (SSSR count). The minimum absolute atomic E-state index is 0.0328. The number of rotatable bonds is 9. The summed E-state index contributed by atoms with van der Waals surface area (Å²) >= 11 is 0. The topological polar surface area (TPSA) is 115 Å². The zero-order valence-corrected chi connectivity index (χ0v) is 20.3. The number of amides is 1. The molecule has 1 N–H and O–H groups in total. The number of aryl methyl sites for hydroxylation is 1. The van der Waals surface area contributed by atoms with E-state index in [1.54, 1.807) is 42.5 Å². The molecule has 0 aliphatic carbocycles. The monoisotopic (exact) mass is 492 g/mol. The van der Waals surface area contributed by atoms with Crippen LogP contribution in [0.1, 0.15) is 18.1 Å². The standard InChI is InChI=1S/C26H24N2O6S/c1-4-33-22-11-8-21(9-12-22)28-26(29)20(17-27)15-19-7-10-23(32-3)16-25(19)34-35(30,31)24-13-5-18(2)6-14-24/h5-16H,4H2,1-3H3,(H,28,29)/b20-15+. The first kappa shape index (κ1) is 25.3. The largest absolute Gasteiger partial charge is 0.497 e. The van der Waals surface area contributed by atoms with E-state index in [9.17, 15) is 18.5 Å². The second kappa shape index (κ2) is 11.2. The molecule has 0 aliphatic rings. The second-order valence-electron chi connectivity index (χ2n) is 7.34. The number of nitrogens with zero attached hydrogens (tertiary/aromatic N) is 1. The van der Waals surface area contributed by atoms with Crippen molar-refractivity contribution in [3.05, 3.63) is 83.4 Å². The molecule has 0 bridgehead atoms. The van der Waals surface area contributed by atoms with Gasteiger partial charge < -0.3 is 19.0 Å². The number of nitriles is 1. The number of hydrogen-bond acceptors (Lipinski definition) is 7. The van der Waals surface area contributed by atoms with E-state index in [1.165, 1.54) is 37.5 Å². The molecule has 0 fully saturated rings. The molecule has 0 atom stereocenters. The normalized spacial score (nSPS) is 11.3. The van der Waals surface area contributed by atoms with E-state index < -0.39 is 16.0 Å². The van der Waals surface area contributed by atoms with E-state index in [4.69, 9.17) is 13.7 Å². The predicted molar refractivity (Wildman–Crippen MR) is 132 cm³/mol. The molecule has 3 aromatic carbocycles. The minimum atomic E-state index is -4.18. The number of nitrogens with one attached hydrogen (secondary N) is 1. The van der Waals surface area contributed by atoms with Crippen LogP contribution in [0.5, 0.6) is 17.2 Å². The van der Waals surface area contributed by atoms with Crippen LogP contribution in [0, 0.1) is 18.3 Å². The van der Waals surface area contributed by atoms with Gasteiger partial charge in [0.2, 0.25) is 0 Å². The number of carbonyl (C=O) groups excluding carboxylic acids is 1. The summed E-state index contributed by atoms with van der Waals surface area (Å²) in [6.07, 6.45) is 1.25. The second-order valence-corrected chi connectivity index (χ2v) is 8.88. The van der Waals surface area contributed by atoms with Crippen molar-refractivity contribution in [2.45, 2.75) is 18.7 Å². The summed E-state index contributed by atoms with van der Waals surface area (Å²) in [5.41, 5.74) is 1.32. The molecule has 0 heterocycles. The van der Waals surface area contributed by atoms with Crippen molar-refractivity contribution < 1.29 is 26.9 Å². The molecule has 0 aliphatic heterocycles. The molecule has 0 aromatic heterocycles. The maximum atomic E-state index is 12.8. The SMILES string of the molecule is CCOc1ccc(NC(=O)/C(C#N)=C/c2ccc(OC)cc2OS(=O)(=O)c2ccc(C)cc2)cc1. The lowest BCUT2D eigenvalue weighted by atomic mass is 10.1. The van der Waals surface area contributed by atoms with Crippen molar-refractivity contribution in [1.29, 1.82) is 5.26 Å². The minimum Gasteiger partial charge on any atom is -0.497 e. The van der Waals surface area contributed by atoms with Gasteiger partial charge in [0.1, 0.15) is 28.0 Å². The summed E-state index contributed by atoms with van der Waals surface area (Å²) in [6.45, 7) is 4.21. The molecule has 1 amide bonds.